The molecule has 2 rings (SSSR count). The molecule has 31 heavy (non-hydrogen) atoms. The van der Waals surface area contributed by atoms with Gasteiger partial charge < -0.3 is 9.84 Å². The summed E-state index contributed by atoms with van der Waals surface area (Å²) in [5, 5.41) is 20.6. The van der Waals surface area contributed by atoms with Crippen molar-refractivity contribution in [3.05, 3.63) is 66.0 Å². The van der Waals surface area contributed by atoms with E-state index in [1.807, 2.05) is 25.3 Å². The third-order valence-electron chi connectivity index (χ3n) is 4.56. The molecule has 0 aromatic heterocycles. The Labute approximate surface area is 184 Å². The van der Waals surface area contributed by atoms with Crippen LogP contribution in [0.3, 0.4) is 0 Å². The third-order valence-corrected chi connectivity index (χ3v) is 5.30. The molecule has 9 heteroatoms. The zero-order valence-electron chi connectivity index (χ0n) is 17.2. The molecular weight excluding hydrogens is 423 g/mol. The summed E-state index contributed by atoms with van der Waals surface area (Å²) >= 11 is 1.58. The Kier molecular flexibility index (Phi) is 9.36. The molecule has 166 valence electrons. The van der Waals surface area contributed by atoms with Crippen LogP contribution in [0.15, 0.2) is 59.5 Å². The predicted molar refractivity (Wildman–Crippen MR) is 117 cm³/mol. The molecule has 2 aromatic rings. The van der Waals surface area contributed by atoms with E-state index in [-0.39, 0.29) is 5.92 Å². The number of carbonyl (C=O) groups excluding carboxylic acids is 2. The van der Waals surface area contributed by atoms with Crippen molar-refractivity contribution in [1.29, 1.82) is 0 Å². The highest BCUT2D eigenvalue weighted by Gasteiger charge is 2.24. The lowest BCUT2D eigenvalue weighted by Crippen LogP contribution is -2.22. The number of hydroxylamine groups is 1. The number of anilines is 1. The van der Waals surface area contributed by atoms with Gasteiger partial charge in [0.05, 0.1) is 0 Å². The van der Waals surface area contributed by atoms with E-state index in [1.165, 1.54) is 23.7 Å². The summed E-state index contributed by atoms with van der Waals surface area (Å²) in [6.45, 7) is 1.83. The van der Waals surface area contributed by atoms with Crippen LogP contribution in [0.4, 0.5) is 14.9 Å². The van der Waals surface area contributed by atoms with Gasteiger partial charge in [0.2, 0.25) is 0 Å². The Balaban J connectivity index is 2.12. The molecule has 2 amide bonds. The van der Waals surface area contributed by atoms with Crippen molar-refractivity contribution < 1.29 is 29.0 Å². The lowest BCUT2D eigenvalue weighted by atomic mass is 9.93. The lowest BCUT2D eigenvalue weighted by Gasteiger charge is -2.25. The lowest BCUT2D eigenvalue weighted by molar-refractivity contribution is -0.124. The Hall–Kier alpha value is -3.04. The van der Waals surface area contributed by atoms with Crippen LogP contribution in [0.1, 0.15) is 31.4 Å². The smallest absolute Gasteiger partial charge is 0.412 e. The standard InChI is InChI=1S/C22H25FN2O5S/c1-14(5-3-4-6-20(27)25-29)21(15-7-12-19(26)18(23)13-15)30-22(28)24-16-8-10-17(31-2)11-9-16/h4,6-14,21,26,29H,3,5H2,1-2H3,(H,24,28)(H,25,27)/b6-4+/t14-,21+/m1/s1. The van der Waals surface area contributed by atoms with Crippen molar-refractivity contribution in [2.75, 3.05) is 11.6 Å². The van der Waals surface area contributed by atoms with Crippen LogP contribution >= 0.6 is 11.8 Å². The summed E-state index contributed by atoms with van der Waals surface area (Å²) in [7, 11) is 0. The van der Waals surface area contributed by atoms with Crippen molar-refractivity contribution in [1.82, 2.24) is 5.48 Å². The predicted octanol–water partition coefficient (Wildman–Crippen LogP) is 5.02. The number of phenolic OH excluding ortho intramolecular Hbond substituents is 1. The van der Waals surface area contributed by atoms with Crippen LogP contribution in [0.25, 0.3) is 0 Å². The van der Waals surface area contributed by atoms with Crippen molar-refractivity contribution >= 4 is 29.4 Å². The molecular formula is C22H25FN2O5S. The van der Waals surface area contributed by atoms with Crippen LogP contribution in [0.5, 0.6) is 5.75 Å². The summed E-state index contributed by atoms with van der Waals surface area (Å²) in [6.07, 6.45) is 4.20. The molecule has 2 aromatic carbocycles. The summed E-state index contributed by atoms with van der Waals surface area (Å²) in [5.74, 6) is -2.19. The van der Waals surface area contributed by atoms with Crippen LogP contribution in [0, 0.1) is 11.7 Å². The number of allylic oxidation sites excluding steroid dienone is 1. The second kappa shape index (κ2) is 12.0. The first kappa shape index (κ1) is 24.2. The zero-order valence-corrected chi connectivity index (χ0v) is 18.0. The van der Waals surface area contributed by atoms with Gasteiger partial charge in [-0.2, -0.15) is 0 Å². The van der Waals surface area contributed by atoms with Crippen molar-refractivity contribution in [2.24, 2.45) is 5.92 Å². The topological polar surface area (TPSA) is 108 Å². The van der Waals surface area contributed by atoms with Gasteiger partial charge in [-0.15, -0.1) is 11.8 Å². The van der Waals surface area contributed by atoms with Gasteiger partial charge in [0.15, 0.2) is 11.6 Å². The number of rotatable bonds is 9. The number of phenols is 1. The van der Waals surface area contributed by atoms with E-state index < -0.39 is 29.7 Å². The minimum absolute atomic E-state index is 0.240. The Morgan fingerprint density at radius 2 is 1.94 bits per heavy atom. The number of amides is 2. The maximum Gasteiger partial charge on any atom is 0.412 e. The molecule has 0 bridgehead atoms. The highest BCUT2D eigenvalue weighted by atomic mass is 32.2. The minimum atomic E-state index is -0.814. The Morgan fingerprint density at radius 1 is 1.23 bits per heavy atom. The molecule has 0 radical (unpaired) electrons. The van der Waals surface area contributed by atoms with Gasteiger partial charge in [0.1, 0.15) is 6.10 Å². The van der Waals surface area contributed by atoms with E-state index in [2.05, 4.69) is 5.32 Å². The van der Waals surface area contributed by atoms with E-state index >= 15 is 0 Å². The molecule has 0 saturated carbocycles. The SMILES string of the molecule is CSc1ccc(NC(=O)O[C@H](c2ccc(O)c(F)c2)[C@H](C)CC/C=C/C(=O)NO)cc1. The fourth-order valence-corrected chi connectivity index (χ4v) is 3.30. The van der Waals surface area contributed by atoms with Crippen LogP contribution < -0.4 is 10.8 Å². The summed E-state index contributed by atoms with van der Waals surface area (Å²) in [6, 6.07) is 11.1. The summed E-state index contributed by atoms with van der Waals surface area (Å²) in [5.41, 5.74) is 2.45. The molecule has 0 aliphatic carbocycles. The average molecular weight is 449 g/mol. The van der Waals surface area contributed by atoms with Gasteiger partial charge in [-0.25, -0.2) is 14.7 Å². The molecule has 0 spiro atoms. The number of carbonyl (C=O) groups is 2. The fourth-order valence-electron chi connectivity index (χ4n) is 2.89. The highest BCUT2D eigenvalue weighted by Crippen LogP contribution is 2.32. The van der Waals surface area contributed by atoms with Gasteiger partial charge in [-0.1, -0.05) is 19.1 Å². The van der Waals surface area contributed by atoms with Crippen LogP contribution in [-0.2, 0) is 9.53 Å². The molecule has 0 heterocycles. The van der Waals surface area contributed by atoms with E-state index in [4.69, 9.17) is 9.94 Å². The van der Waals surface area contributed by atoms with E-state index in [0.717, 1.165) is 11.0 Å². The number of nitrogens with one attached hydrogen (secondary N) is 2. The number of hydrogen-bond acceptors (Lipinski definition) is 6. The monoisotopic (exact) mass is 448 g/mol. The number of thioether (sulfide) groups is 1. The quantitative estimate of drug-likeness (QED) is 0.186. The van der Waals surface area contributed by atoms with E-state index in [9.17, 15) is 19.1 Å². The molecule has 0 fully saturated rings. The van der Waals surface area contributed by atoms with Gasteiger partial charge >= 0.3 is 6.09 Å². The van der Waals surface area contributed by atoms with Crippen molar-refractivity contribution in [2.45, 2.75) is 30.8 Å². The highest BCUT2D eigenvalue weighted by molar-refractivity contribution is 7.98. The summed E-state index contributed by atoms with van der Waals surface area (Å²) in [4.78, 5) is 24.6. The van der Waals surface area contributed by atoms with Gasteiger partial charge in [-0.05, 0) is 67.0 Å². The summed E-state index contributed by atoms with van der Waals surface area (Å²) < 4.78 is 19.5. The van der Waals surface area contributed by atoms with E-state index in [1.54, 1.807) is 30.0 Å². The van der Waals surface area contributed by atoms with Crippen LogP contribution in [-0.4, -0.2) is 28.6 Å². The number of benzene rings is 2. The second-order valence-corrected chi connectivity index (χ2v) is 7.70. The first-order chi connectivity index (χ1) is 14.8. The average Bonchev–Trinajstić information content (AvgIpc) is 2.77. The number of aromatic hydroxyl groups is 1. The largest absolute Gasteiger partial charge is 0.505 e. The third kappa shape index (κ3) is 7.62. The first-order valence-corrected chi connectivity index (χ1v) is 10.8. The first-order valence-electron chi connectivity index (χ1n) is 9.54. The molecule has 0 unspecified atom stereocenters. The minimum Gasteiger partial charge on any atom is -0.505 e. The molecule has 0 aliphatic rings. The molecule has 4 N–H and O–H groups in total. The number of hydrogen-bond donors (Lipinski definition) is 4. The van der Waals surface area contributed by atoms with Gasteiger partial charge in [0, 0.05) is 16.7 Å². The normalized spacial score (nSPS) is 12.9. The Bertz CT molecular complexity index is 921. The molecule has 0 saturated heterocycles. The molecule has 7 nitrogen and oxygen atoms in total. The maximum absolute atomic E-state index is 13.9. The van der Waals surface area contributed by atoms with E-state index in [0.29, 0.717) is 24.1 Å². The maximum atomic E-state index is 13.9. The number of ether oxygens (including phenoxy) is 1. The second-order valence-electron chi connectivity index (χ2n) is 6.82. The fraction of sp³-hybridized carbons (Fsp3) is 0.273. The van der Waals surface area contributed by atoms with Crippen LogP contribution in [0.2, 0.25) is 0 Å². The molecule has 0 aliphatic heterocycles. The van der Waals surface area contributed by atoms with Crippen molar-refractivity contribution in [3.8, 4) is 5.75 Å². The van der Waals surface area contributed by atoms with Gasteiger partial charge in [-0.3, -0.25) is 15.3 Å². The van der Waals surface area contributed by atoms with Crippen molar-refractivity contribution in [3.63, 3.8) is 0 Å². The Morgan fingerprint density at radius 3 is 2.55 bits per heavy atom. The van der Waals surface area contributed by atoms with Gasteiger partial charge in [0.25, 0.3) is 5.91 Å². The zero-order chi connectivity index (χ0) is 22.8. The molecule has 2 atom stereocenters. The number of halogens is 1.